The number of nitrogens with zero attached hydrogens (tertiary/aromatic N) is 4. The number of likely N-dealkylation sites (tertiary alicyclic amines) is 1. The molecule has 2 aliphatic heterocycles. The van der Waals surface area contributed by atoms with Gasteiger partial charge in [-0.25, -0.2) is 0 Å². The van der Waals surface area contributed by atoms with Crippen molar-refractivity contribution in [2.24, 2.45) is 5.92 Å². The first-order valence-electron chi connectivity index (χ1n) is 11.9. The summed E-state index contributed by atoms with van der Waals surface area (Å²) >= 11 is 0. The number of carbonyl (C=O) groups is 2. The molecule has 0 N–H and O–H groups in total. The van der Waals surface area contributed by atoms with E-state index in [1.54, 1.807) is 0 Å². The third kappa shape index (κ3) is 5.80. The van der Waals surface area contributed by atoms with Crippen molar-refractivity contribution in [3.63, 3.8) is 0 Å². The predicted octanol–water partition coefficient (Wildman–Crippen LogP) is 3.45. The van der Waals surface area contributed by atoms with Gasteiger partial charge in [0.2, 0.25) is 5.91 Å². The number of hydrogen-bond donors (Lipinski definition) is 0. The molecule has 0 radical (unpaired) electrons. The zero-order chi connectivity index (χ0) is 23.2. The molecule has 2 aliphatic rings. The van der Waals surface area contributed by atoms with E-state index >= 15 is 0 Å². The van der Waals surface area contributed by atoms with Crippen LogP contribution in [0.1, 0.15) is 46.3 Å². The van der Waals surface area contributed by atoms with E-state index in [4.69, 9.17) is 5.26 Å². The van der Waals surface area contributed by atoms with Gasteiger partial charge in [0.05, 0.1) is 17.6 Å². The quantitative estimate of drug-likeness (QED) is 0.724. The van der Waals surface area contributed by atoms with Gasteiger partial charge < -0.3 is 9.80 Å². The predicted molar refractivity (Wildman–Crippen MR) is 127 cm³/mol. The average molecular weight is 445 g/mol. The van der Waals surface area contributed by atoms with E-state index in [2.05, 4.69) is 11.0 Å². The lowest BCUT2D eigenvalue weighted by Gasteiger charge is -2.35. The zero-order valence-electron chi connectivity index (χ0n) is 19.4. The summed E-state index contributed by atoms with van der Waals surface area (Å²) in [5.41, 5.74) is 3.69. The lowest BCUT2D eigenvalue weighted by atomic mass is 9.95. The molecule has 2 aromatic rings. The lowest BCUT2D eigenvalue weighted by molar-refractivity contribution is -0.136. The van der Waals surface area contributed by atoms with Crippen molar-refractivity contribution in [1.82, 2.24) is 14.7 Å². The molecule has 6 heteroatoms. The Balaban J connectivity index is 1.32. The topological polar surface area (TPSA) is 67.7 Å². The van der Waals surface area contributed by atoms with Crippen molar-refractivity contribution in [3.05, 3.63) is 70.8 Å². The summed E-state index contributed by atoms with van der Waals surface area (Å²) < 4.78 is 0. The van der Waals surface area contributed by atoms with Gasteiger partial charge in [0, 0.05) is 51.4 Å². The van der Waals surface area contributed by atoms with Gasteiger partial charge in [-0.2, -0.15) is 5.26 Å². The molecule has 6 nitrogen and oxygen atoms in total. The van der Waals surface area contributed by atoms with Crippen molar-refractivity contribution in [2.75, 3.05) is 39.3 Å². The van der Waals surface area contributed by atoms with Crippen LogP contribution in [0.2, 0.25) is 0 Å². The Labute approximate surface area is 196 Å². The number of piperidine rings is 1. The van der Waals surface area contributed by atoms with E-state index in [1.165, 1.54) is 5.56 Å². The molecule has 0 saturated carbocycles. The maximum Gasteiger partial charge on any atom is 0.253 e. The molecule has 0 aliphatic carbocycles. The second-order valence-electron chi connectivity index (χ2n) is 9.22. The fourth-order valence-electron chi connectivity index (χ4n) is 4.79. The Morgan fingerprint density at radius 1 is 0.909 bits per heavy atom. The summed E-state index contributed by atoms with van der Waals surface area (Å²) in [6, 6.07) is 17.6. The molecule has 2 saturated heterocycles. The van der Waals surface area contributed by atoms with Gasteiger partial charge in [0.1, 0.15) is 0 Å². The highest BCUT2D eigenvalue weighted by Crippen LogP contribution is 2.22. The Morgan fingerprint density at radius 3 is 2.36 bits per heavy atom. The third-order valence-electron chi connectivity index (χ3n) is 6.75. The second-order valence-corrected chi connectivity index (χ2v) is 9.22. The Morgan fingerprint density at radius 2 is 1.64 bits per heavy atom. The standard InChI is InChI=1S/C27H32N4O2/c1-21-5-11-24(12-6-21)26(32)31-14-2-4-25(20-31)27(33)30-15-3-13-29(16-17-30)19-23-9-7-22(18-28)8-10-23/h5-12,25H,2-4,13-17,19-20H2,1H3/t25-/m1/s1. The molecule has 172 valence electrons. The highest BCUT2D eigenvalue weighted by Gasteiger charge is 2.32. The van der Waals surface area contributed by atoms with Gasteiger partial charge in [-0.1, -0.05) is 29.8 Å². The first-order chi connectivity index (χ1) is 16.0. The number of rotatable bonds is 4. The van der Waals surface area contributed by atoms with E-state index in [9.17, 15) is 9.59 Å². The smallest absolute Gasteiger partial charge is 0.253 e. The Hall–Kier alpha value is -3.17. The van der Waals surface area contributed by atoms with Crippen LogP contribution in [0.25, 0.3) is 0 Å². The van der Waals surface area contributed by atoms with E-state index in [0.29, 0.717) is 17.7 Å². The number of aryl methyl sites for hydroxylation is 1. The molecular weight excluding hydrogens is 412 g/mol. The van der Waals surface area contributed by atoms with Crippen molar-refractivity contribution in [1.29, 1.82) is 5.26 Å². The molecule has 2 amide bonds. The maximum atomic E-state index is 13.3. The third-order valence-corrected chi connectivity index (χ3v) is 6.75. The molecular formula is C27H32N4O2. The lowest BCUT2D eigenvalue weighted by Crippen LogP contribution is -2.47. The van der Waals surface area contributed by atoms with Crippen molar-refractivity contribution in [2.45, 2.75) is 32.7 Å². The SMILES string of the molecule is Cc1ccc(C(=O)N2CCC[C@@H](C(=O)N3CCCN(Cc4ccc(C#N)cc4)CC3)C2)cc1. The maximum absolute atomic E-state index is 13.3. The van der Waals surface area contributed by atoms with Crippen LogP contribution in [0, 0.1) is 24.2 Å². The largest absolute Gasteiger partial charge is 0.341 e. The summed E-state index contributed by atoms with van der Waals surface area (Å²) in [4.78, 5) is 32.5. The highest BCUT2D eigenvalue weighted by atomic mass is 16.2. The molecule has 4 rings (SSSR count). The summed E-state index contributed by atoms with van der Waals surface area (Å²) in [5.74, 6) is 0.104. The first kappa shape index (κ1) is 23.0. The fourth-order valence-corrected chi connectivity index (χ4v) is 4.79. The van der Waals surface area contributed by atoms with Gasteiger partial charge in [-0.05, 0) is 56.0 Å². The van der Waals surface area contributed by atoms with Crippen LogP contribution in [0.5, 0.6) is 0 Å². The first-order valence-corrected chi connectivity index (χ1v) is 11.9. The fraction of sp³-hybridized carbons (Fsp3) is 0.444. The molecule has 0 unspecified atom stereocenters. The molecule has 33 heavy (non-hydrogen) atoms. The summed E-state index contributed by atoms with van der Waals surface area (Å²) in [5, 5.41) is 8.97. The molecule has 2 fully saturated rings. The van der Waals surface area contributed by atoms with E-state index in [1.807, 2.05) is 65.3 Å². The number of carbonyl (C=O) groups excluding carboxylic acids is 2. The van der Waals surface area contributed by atoms with Gasteiger partial charge in [-0.3, -0.25) is 14.5 Å². The highest BCUT2D eigenvalue weighted by molar-refractivity contribution is 5.94. The normalized spacial score (nSPS) is 19.6. The molecule has 2 heterocycles. The zero-order valence-corrected chi connectivity index (χ0v) is 19.4. The van der Waals surface area contributed by atoms with Crippen molar-refractivity contribution < 1.29 is 9.59 Å². The van der Waals surface area contributed by atoms with Crippen LogP contribution in [0.3, 0.4) is 0 Å². The Bertz CT molecular complexity index is 1010. The molecule has 0 bridgehead atoms. The van der Waals surface area contributed by atoms with Crippen LogP contribution in [-0.4, -0.2) is 65.8 Å². The van der Waals surface area contributed by atoms with Gasteiger partial charge in [0.15, 0.2) is 0 Å². The van der Waals surface area contributed by atoms with Crippen molar-refractivity contribution in [3.8, 4) is 6.07 Å². The number of nitriles is 1. The Kier molecular flexibility index (Phi) is 7.41. The molecule has 1 atom stereocenters. The summed E-state index contributed by atoms with van der Waals surface area (Å²) in [7, 11) is 0. The summed E-state index contributed by atoms with van der Waals surface area (Å²) in [6.07, 6.45) is 2.66. The van der Waals surface area contributed by atoms with Crippen molar-refractivity contribution >= 4 is 11.8 Å². The molecule has 0 aromatic heterocycles. The molecule has 2 aromatic carbocycles. The monoisotopic (exact) mass is 444 g/mol. The minimum Gasteiger partial charge on any atom is -0.341 e. The number of benzene rings is 2. The minimum absolute atomic E-state index is 0.0250. The van der Waals surface area contributed by atoms with Gasteiger partial charge in [0.25, 0.3) is 5.91 Å². The van der Waals surface area contributed by atoms with E-state index < -0.39 is 0 Å². The minimum atomic E-state index is -0.113. The van der Waals surface area contributed by atoms with Crippen LogP contribution in [-0.2, 0) is 11.3 Å². The second kappa shape index (κ2) is 10.6. The van der Waals surface area contributed by atoms with Crippen LogP contribution in [0.4, 0.5) is 0 Å². The van der Waals surface area contributed by atoms with Crippen LogP contribution >= 0.6 is 0 Å². The average Bonchev–Trinajstić information content (AvgIpc) is 3.10. The van der Waals surface area contributed by atoms with E-state index in [-0.39, 0.29) is 17.7 Å². The van der Waals surface area contributed by atoms with Crippen LogP contribution in [0.15, 0.2) is 48.5 Å². The van der Waals surface area contributed by atoms with Gasteiger partial charge in [-0.15, -0.1) is 0 Å². The number of hydrogen-bond acceptors (Lipinski definition) is 4. The molecule has 0 spiro atoms. The van der Waals surface area contributed by atoms with E-state index in [0.717, 1.165) is 64.1 Å². The van der Waals surface area contributed by atoms with Gasteiger partial charge >= 0.3 is 0 Å². The number of amides is 2. The summed E-state index contributed by atoms with van der Waals surface area (Å²) in [6.45, 7) is 7.35. The van der Waals surface area contributed by atoms with Crippen LogP contribution < -0.4 is 0 Å².